The van der Waals surface area contributed by atoms with Gasteiger partial charge in [0, 0.05) is 18.7 Å². The van der Waals surface area contributed by atoms with Crippen LogP contribution in [0.1, 0.15) is 19.3 Å². The number of nitro benzene ring substituents is 1. The van der Waals surface area contributed by atoms with Gasteiger partial charge in [-0.15, -0.1) is 0 Å². The van der Waals surface area contributed by atoms with E-state index in [2.05, 4.69) is 5.32 Å². The van der Waals surface area contributed by atoms with Gasteiger partial charge in [-0.3, -0.25) is 14.9 Å². The lowest BCUT2D eigenvalue weighted by Crippen LogP contribution is -2.47. The monoisotopic (exact) mass is 279 g/mol. The van der Waals surface area contributed by atoms with Gasteiger partial charge in [0.1, 0.15) is 5.75 Å². The Morgan fingerprint density at radius 2 is 2.25 bits per heavy atom. The highest BCUT2D eigenvalue weighted by Crippen LogP contribution is 2.41. The molecule has 0 unspecified atom stereocenters. The molecule has 3 N–H and O–H groups in total. The maximum absolute atomic E-state index is 12.3. The molecule has 1 amide bonds. The van der Waals surface area contributed by atoms with Crippen LogP contribution in [-0.4, -0.2) is 24.5 Å². The highest BCUT2D eigenvalue weighted by molar-refractivity contribution is 5.97. The van der Waals surface area contributed by atoms with Gasteiger partial charge in [-0.25, -0.2) is 0 Å². The highest BCUT2D eigenvalue weighted by atomic mass is 16.6. The first-order valence-corrected chi connectivity index (χ1v) is 6.36. The van der Waals surface area contributed by atoms with E-state index in [9.17, 15) is 14.9 Å². The first-order valence-electron chi connectivity index (χ1n) is 6.36. The molecule has 20 heavy (non-hydrogen) atoms. The maximum atomic E-state index is 12.3. The van der Waals surface area contributed by atoms with Gasteiger partial charge in [0.15, 0.2) is 0 Å². The lowest BCUT2D eigenvalue weighted by molar-refractivity contribution is -0.384. The van der Waals surface area contributed by atoms with Crippen molar-refractivity contribution >= 4 is 17.3 Å². The first kappa shape index (κ1) is 14.3. The van der Waals surface area contributed by atoms with Crippen LogP contribution >= 0.6 is 0 Å². The number of rotatable bonds is 5. The summed E-state index contributed by atoms with van der Waals surface area (Å²) in [5.41, 5.74) is 5.32. The van der Waals surface area contributed by atoms with E-state index in [4.69, 9.17) is 10.5 Å². The Hall–Kier alpha value is -2.15. The molecule has 0 atom stereocenters. The molecule has 0 bridgehead atoms. The minimum absolute atomic E-state index is 0.100. The fourth-order valence-corrected chi connectivity index (χ4v) is 2.29. The average Bonchev–Trinajstić information content (AvgIpc) is 2.37. The van der Waals surface area contributed by atoms with Crippen molar-refractivity contribution in [3.8, 4) is 5.75 Å². The summed E-state index contributed by atoms with van der Waals surface area (Å²) in [5, 5.41) is 13.5. The molecule has 1 aromatic carbocycles. The number of methoxy groups -OCH3 is 1. The van der Waals surface area contributed by atoms with E-state index in [1.165, 1.54) is 25.3 Å². The molecule has 0 aromatic heterocycles. The average molecular weight is 279 g/mol. The summed E-state index contributed by atoms with van der Waals surface area (Å²) in [4.78, 5) is 22.6. The Kier molecular flexibility index (Phi) is 3.89. The van der Waals surface area contributed by atoms with Crippen LogP contribution in [0, 0.1) is 15.5 Å². The number of nitrogens with one attached hydrogen (secondary N) is 1. The maximum Gasteiger partial charge on any atom is 0.271 e. The molecular formula is C13H17N3O4. The number of anilines is 1. The highest BCUT2D eigenvalue weighted by Gasteiger charge is 2.43. The molecular weight excluding hydrogens is 262 g/mol. The molecule has 0 aliphatic heterocycles. The van der Waals surface area contributed by atoms with Crippen molar-refractivity contribution in [2.75, 3.05) is 19.0 Å². The zero-order valence-corrected chi connectivity index (χ0v) is 11.2. The predicted molar refractivity (Wildman–Crippen MR) is 73.6 cm³/mol. The molecule has 1 aliphatic carbocycles. The topological polar surface area (TPSA) is 107 Å². The van der Waals surface area contributed by atoms with Crippen LogP contribution < -0.4 is 15.8 Å². The number of hydrogen-bond acceptors (Lipinski definition) is 5. The third kappa shape index (κ3) is 2.44. The van der Waals surface area contributed by atoms with E-state index in [-0.39, 0.29) is 18.1 Å². The van der Waals surface area contributed by atoms with E-state index < -0.39 is 10.3 Å². The second-order valence-electron chi connectivity index (χ2n) is 4.93. The number of non-ortho nitro benzene ring substituents is 1. The van der Waals surface area contributed by atoms with Crippen LogP contribution in [0.3, 0.4) is 0 Å². The number of benzene rings is 1. The number of ether oxygens (including phenoxy) is 1. The van der Waals surface area contributed by atoms with Crippen molar-refractivity contribution in [1.82, 2.24) is 0 Å². The molecule has 0 heterocycles. The van der Waals surface area contributed by atoms with Crippen LogP contribution in [0.4, 0.5) is 11.4 Å². The minimum Gasteiger partial charge on any atom is -0.495 e. The lowest BCUT2D eigenvalue weighted by Gasteiger charge is -2.39. The Morgan fingerprint density at radius 3 is 2.70 bits per heavy atom. The van der Waals surface area contributed by atoms with Gasteiger partial charge in [-0.1, -0.05) is 6.42 Å². The van der Waals surface area contributed by atoms with Crippen molar-refractivity contribution in [3.63, 3.8) is 0 Å². The third-order valence-corrected chi connectivity index (χ3v) is 3.83. The molecule has 0 radical (unpaired) electrons. The Labute approximate surface area is 116 Å². The van der Waals surface area contributed by atoms with Gasteiger partial charge in [0.05, 0.1) is 23.1 Å². The van der Waals surface area contributed by atoms with Gasteiger partial charge < -0.3 is 15.8 Å². The number of nitrogens with two attached hydrogens (primary N) is 1. The molecule has 1 aliphatic rings. The SMILES string of the molecule is COc1ccc([N+](=O)[O-])cc1NC(=O)C1(CN)CCC1. The fraction of sp³-hybridized carbons (Fsp3) is 0.462. The van der Waals surface area contributed by atoms with E-state index in [0.29, 0.717) is 11.4 Å². The van der Waals surface area contributed by atoms with Crippen LogP contribution in [0.5, 0.6) is 5.75 Å². The van der Waals surface area contributed by atoms with E-state index in [0.717, 1.165) is 19.3 Å². The van der Waals surface area contributed by atoms with Crippen molar-refractivity contribution in [1.29, 1.82) is 0 Å². The van der Waals surface area contributed by atoms with Crippen LogP contribution in [0.15, 0.2) is 18.2 Å². The quantitative estimate of drug-likeness (QED) is 0.629. The van der Waals surface area contributed by atoms with Crippen molar-refractivity contribution in [3.05, 3.63) is 28.3 Å². The zero-order valence-electron chi connectivity index (χ0n) is 11.2. The van der Waals surface area contributed by atoms with Gasteiger partial charge in [-0.2, -0.15) is 0 Å². The molecule has 0 saturated heterocycles. The number of amides is 1. The molecule has 0 spiro atoms. The molecule has 7 heteroatoms. The molecule has 108 valence electrons. The van der Waals surface area contributed by atoms with Gasteiger partial charge in [0.2, 0.25) is 5.91 Å². The summed E-state index contributed by atoms with van der Waals surface area (Å²) in [6, 6.07) is 4.08. The zero-order chi connectivity index (χ0) is 14.8. The van der Waals surface area contributed by atoms with Crippen LogP contribution in [-0.2, 0) is 4.79 Å². The molecule has 1 aromatic rings. The van der Waals surface area contributed by atoms with Crippen LogP contribution in [0.25, 0.3) is 0 Å². The number of hydrogen-bond donors (Lipinski definition) is 2. The summed E-state index contributed by atoms with van der Waals surface area (Å²) in [6.45, 7) is 0.274. The van der Waals surface area contributed by atoms with E-state index in [1.807, 2.05) is 0 Å². The van der Waals surface area contributed by atoms with E-state index in [1.54, 1.807) is 0 Å². The summed E-state index contributed by atoms with van der Waals surface area (Å²) >= 11 is 0. The summed E-state index contributed by atoms with van der Waals surface area (Å²) in [6.07, 6.45) is 2.45. The Balaban J connectivity index is 2.25. The Bertz CT molecular complexity index is 535. The lowest BCUT2D eigenvalue weighted by atomic mass is 9.68. The summed E-state index contributed by atoms with van der Waals surface area (Å²) in [5.74, 6) is 0.181. The van der Waals surface area contributed by atoms with Crippen molar-refractivity contribution < 1.29 is 14.5 Å². The normalized spacial score (nSPS) is 16.1. The molecule has 1 saturated carbocycles. The fourth-order valence-electron chi connectivity index (χ4n) is 2.29. The largest absolute Gasteiger partial charge is 0.495 e. The van der Waals surface area contributed by atoms with Crippen molar-refractivity contribution in [2.45, 2.75) is 19.3 Å². The van der Waals surface area contributed by atoms with E-state index >= 15 is 0 Å². The number of nitrogens with zero attached hydrogens (tertiary/aromatic N) is 1. The van der Waals surface area contributed by atoms with Gasteiger partial charge >= 0.3 is 0 Å². The molecule has 7 nitrogen and oxygen atoms in total. The van der Waals surface area contributed by atoms with Crippen LogP contribution in [0.2, 0.25) is 0 Å². The minimum atomic E-state index is -0.546. The summed E-state index contributed by atoms with van der Waals surface area (Å²) < 4.78 is 5.11. The van der Waals surface area contributed by atoms with Gasteiger partial charge in [0.25, 0.3) is 5.69 Å². The number of carbonyl (C=O) groups excluding carboxylic acids is 1. The second kappa shape index (κ2) is 5.46. The standard InChI is InChI=1S/C13H17N3O4/c1-20-11-4-3-9(16(18)19)7-10(11)15-12(17)13(8-14)5-2-6-13/h3-4,7H,2,5-6,8,14H2,1H3,(H,15,17). The van der Waals surface area contributed by atoms with Gasteiger partial charge in [-0.05, 0) is 18.9 Å². The van der Waals surface area contributed by atoms with Crippen molar-refractivity contribution in [2.24, 2.45) is 11.1 Å². The molecule has 1 fully saturated rings. The summed E-state index contributed by atoms with van der Waals surface area (Å²) in [7, 11) is 1.44. The predicted octanol–water partition coefficient (Wildman–Crippen LogP) is 1.67. The second-order valence-corrected chi connectivity index (χ2v) is 4.93. The smallest absolute Gasteiger partial charge is 0.271 e. The third-order valence-electron chi connectivity index (χ3n) is 3.83. The first-order chi connectivity index (χ1) is 9.52. The molecule has 2 rings (SSSR count). The number of carbonyl (C=O) groups is 1. The Morgan fingerprint density at radius 1 is 1.55 bits per heavy atom. The number of nitro groups is 1.